The van der Waals surface area contributed by atoms with Crippen LogP contribution in [0.15, 0.2) is 0 Å². The van der Waals surface area contributed by atoms with Crippen LogP contribution in [0, 0.1) is 17.3 Å². The number of rotatable bonds is 3. The molecule has 4 nitrogen and oxygen atoms in total. The van der Waals surface area contributed by atoms with Crippen LogP contribution in [-0.2, 0) is 9.53 Å². The van der Waals surface area contributed by atoms with Crippen LogP contribution in [-0.4, -0.2) is 24.0 Å². The zero-order chi connectivity index (χ0) is 14.1. The first-order valence-corrected chi connectivity index (χ1v) is 6.51. The molecule has 1 aliphatic rings. The molecule has 0 aromatic heterocycles. The van der Waals surface area contributed by atoms with E-state index >= 15 is 0 Å². The molecule has 0 unspecified atom stereocenters. The first-order chi connectivity index (χ1) is 8.04. The first-order valence-electron chi connectivity index (χ1n) is 6.51. The van der Waals surface area contributed by atoms with E-state index in [0.717, 1.165) is 6.42 Å². The summed E-state index contributed by atoms with van der Waals surface area (Å²) in [6.45, 7) is 11.9. The Hall–Kier alpha value is -1.06. The molecular formula is C14H25NO3. The topological polar surface area (TPSA) is 55.4 Å². The van der Waals surface area contributed by atoms with Gasteiger partial charge in [-0.2, -0.15) is 0 Å². The van der Waals surface area contributed by atoms with Crippen molar-refractivity contribution >= 4 is 11.9 Å². The quantitative estimate of drug-likeness (QED) is 0.843. The maximum atomic E-state index is 11.5. The van der Waals surface area contributed by atoms with Crippen molar-refractivity contribution in [3.05, 3.63) is 0 Å². The van der Waals surface area contributed by atoms with Gasteiger partial charge in [0.25, 0.3) is 0 Å². The highest BCUT2D eigenvalue weighted by atomic mass is 16.6. The predicted molar refractivity (Wildman–Crippen MR) is 70.3 cm³/mol. The molecule has 0 saturated heterocycles. The Kier molecular flexibility index (Phi) is 4.08. The average molecular weight is 255 g/mol. The summed E-state index contributed by atoms with van der Waals surface area (Å²) in [5, 5.41) is 2.78. The normalized spacial score (nSPS) is 26.1. The van der Waals surface area contributed by atoms with Gasteiger partial charge in [0.15, 0.2) is 0 Å². The summed E-state index contributed by atoms with van der Waals surface area (Å²) in [5.41, 5.74) is -0.498. The van der Waals surface area contributed by atoms with Gasteiger partial charge in [0.2, 0.25) is 0 Å². The molecule has 0 spiro atoms. The maximum Gasteiger partial charge on any atom is 0.407 e. The van der Waals surface area contributed by atoms with Crippen molar-refractivity contribution in [1.29, 1.82) is 0 Å². The number of carbonyl (C=O) groups is 2. The highest BCUT2D eigenvalue weighted by Gasteiger charge is 2.49. The molecule has 1 rings (SSSR count). The zero-order valence-corrected chi connectivity index (χ0v) is 12.3. The standard InChI is InChI=1S/C14H25NO3/c1-9(16)11-7-10(14(11,5)6)8-15-12(17)18-13(2,3)4/h10-11H,7-8H2,1-6H3,(H,15,17)/t10-,11-/m1/s1. The van der Waals surface area contributed by atoms with Crippen molar-refractivity contribution in [3.63, 3.8) is 0 Å². The molecule has 1 aliphatic carbocycles. The molecule has 0 aliphatic heterocycles. The van der Waals surface area contributed by atoms with Crippen LogP contribution in [0.5, 0.6) is 0 Å². The lowest BCUT2D eigenvalue weighted by Crippen LogP contribution is -2.52. The molecule has 1 amide bonds. The van der Waals surface area contributed by atoms with E-state index in [0.29, 0.717) is 12.5 Å². The number of alkyl carbamates (subject to hydrolysis) is 1. The molecule has 1 fully saturated rings. The fourth-order valence-corrected chi connectivity index (χ4v) is 2.57. The lowest BCUT2D eigenvalue weighted by atomic mass is 9.53. The summed E-state index contributed by atoms with van der Waals surface area (Å²) in [6.07, 6.45) is 0.475. The summed E-state index contributed by atoms with van der Waals surface area (Å²) < 4.78 is 5.18. The smallest absolute Gasteiger partial charge is 0.407 e. The molecular weight excluding hydrogens is 230 g/mol. The summed E-state index contributed by atoms with van der Waals surface area (Å²) >= 11 is 0. The van der Waals surface area contributed by atoms with E-state index in [2.05, 4.69) is 19.2 Å². The van der Waals surface area contributed by atoms with E-state index < -0.39 is 5.60 Å². The number of nitrogens with one attached hydrogen (secondary N) is 1. The minimum absolute atomic E-state index is 0.0269. The van der Waals surface area contributed by atoms with Crippen molar-refractivity contribution < 1.29 is 14.3 Å². The number of amides is 1. The summed E-state index contributed by atoms with van der Waals surface area (Å²) in [4.78, 5) is 22.9. The van der Waals surface area contributed by atoms with E-state index in [1.165, 1.54) is 0 Å². The minimum atomic E-state index is -0.471. The third-order valence-electron chi connectivity index (χ3n) is 3.85. The Morgan fingerprint density at radius 3 is 2.28 bits per heavy atom. The van der Waals surface area contributed by atoms with Gasteiger partial charge in [-0.3, -0.25) is 4.79 Å². The largest absolute Gasteiger partial charge is 0.444 e. The molecule has 1 N–H and O–H groups in total. The molecule has 0 bridgehead atoms. The fourth-order valence-electron chi connectivity index (χ4n) is 2.57. The Balaban J connectivity index is 2.39. The van der Waals surface area contributed by atoms with Crippen molar-refractivity contribution in [1.82, 2.24) is 5.32 Å². The van der Waals surface area contributed by atoms with E-state index in [1.807, 2.05) is 20.8 Å². The Labute approximate surface area is 109 Å². The zero-order valence-electron chi connectivity index (χ0n) is 12.3. The van der Waals surface area contributed by atoms with Crippen LogP contribution in [0.3, 0.4) is 0 Å². The van der Waals surface area contributed by atoms with Crippen LogP contribution < -0.4 is 5.32 Å². The number of ether oxygens (including phenoxy) is 1. The van der Waals surface area contributed by atoms with E-state index in [4.69, 9.17) is 4.74 Å². The summed E-state index contributed by atoms with van der Waals surface area (Å²) in [6, 6.07) is 0. The van der Waals surface area contributed by atoms with Crippen molar-refractivity contribution in [2.45, 2.75) is 53.6 Å². The Morgan fingerprint density at radius 2 is 1.89 bits per heavy atom. The molecule has 18 heavy (non-hydrogen) atoms. The number of hydrogen-bond acceptors (Lipinski definition) is 3. The van der Waals surface area contributed by atoms with Gasteiger partial charge < -0.3 is 10.1 Å². The molecule has 104 valence electrons. The van der Waals surface area contributed by atoms with E-state index in [-0.39, 0.29) is 23.2 Å². The minimum Gasteiger partial charge on any atom is -0.444 e. The van der Waals surface area contributed by atoms with Crippen molar-refractivity contribution in [2.75, 3.05) is 6.54 Å². The fraction of sp³-hybridized carbons (Fsp3) is 0.857. The lowest BCUT2D eigenvalue weighted by molar-refractivity contribution is -0.135. The Morgan fingerprint density at radius 1 is 1.33 bits per heavy atom. The SMILES string of the molecule is CC(=O)[C@H]1C[C@H](CNC(=O)OC(C)(C)C)C1(C)C. The lowest BCUT2D eigenvalue weighted by Gasteiger charge is -2.51. The van der Waals surface area contributed by atoms with Crippen molar-refractivity contribution in [2.24, 2.45) is 17.3 Å². The maximum absolute atomic E-state index is 11.5. The molecule has 4 heteroatoms. The molecule has 0 heterocycles. The predicted octanol–water partition coefficient (Wildman–Crippen LogP) is 2.76. The van der Waals surface area contributed by atoms with Crippen molar-refractivity contribution in [3.8, 4) is 0 Å². The highest BCUT2D eigenvalue weighted by Crippen LogP contribution is 2.51. The number of Topliss-reactive ketones (excluding diaryl/α,β-unsaturated/α-hetero) is 1. The molecule has 2 atom stereocenters. The summed E-state index contributed by atoms with van der Waals surface area (Å²) in [7, 11) is 0. The second-order valence-electron chi connectivity index (χ2n) is 6.80. The second kappa shape index (κ2) is 4.90. The molecule has 0 aromatic carbocycles. The van der Waals surface area contributed by atoms with Gasteiger partial charge in [0.05, 0.1) is 0 Å². The number of ketones is 1. The van der Waals surface area contributed by atoms with Crippen LogP contribution in [0.2, 0.25) is 0 Å². The van der Waals surface area contributed by atoms with Crippen LogP contribution >= 0.6 is 0 Å². The van der Waals surface area contributed by atoms with E-state index in [1.54, 1.807) is 6.92 Å². The number of carbonyl (C=O) groups excluding carboxylic acids is 2. The Bertz CT molecular complexity index is 341. The first kappa shape index (κ1) is 15.0. The number of hydrogen-bond donors (Lipinski definition) is 1. The molecule has 0 radical (unpaired) electrons. The molecule has 0 aromatic rings. The second-order valence-corrected chi connectivity index (χ2v) is 6.80. The van der Waals surface area contributed by atoms with Gasteiger partial charge in [-0.15, -0.1) is 0 Å². The van der Waals surface area contributed by atoms with Crippen LogP contribution in [0.1, 0.15) is 48.0 Å². The highest BCUT2D eigenvalue weighted by molar-refractivity contribution is 5.80. The third-order valence-corrected chi connectivity index (χ3v) is 3.85. The van der Waals surface area contributed by atoms with Gasteiger partial charge in [0, 0.05) is 12.5 Å². The monoisotopic (exact) mass is 255 g/mol. The van der Waals surface area contributed by atoms with Crippen LogP contribution in [0.4, 0.5) is 4.79 Å². The van der Waals surface area contributed by atoms with Gasteiger partial charge in [-0.05, 0) is 45.4 Å². The molecule has 1 saturated carbocycles. The van der Waals surface area contributed by atoms with Gasteiger partial charge in [-0.1, -0.05) is 13.8 Å². The van der Waals surface area contributed by atoms with Gasteiger partial charge in [0.1, 0.15) is 11.4 Å². The third kappa shape index (κ3) is 3.47. The summed E-state index contributed by atoms with van der Waals surface area (Å²) in [5.74, 6) is 0.718. The van der Waals surface area contributed by atoms with Gasteiger partial charge >= 0.3 is 6.09 Å². The van der Waals surface area contributed by atoms with E-state index in [9.17, 15) is 9.59 Å². The van der Waals surface area contributed by atoms with Crippen LogP contribution in [0.25, 0.3) is 0 Å². The average Bonchev–Trinajstić information content (AvgIpc) is 2.12. The van der Waals surface area contributed by atoms with Gasteiger partial charge in [-0.25, -0.2) is 4.79 Å².